The third-order valence-electron chi connectivity index (χ3n) is 6.52. The number of methoxy groups -OCH3 is 1. The predicted molar refractivity (Wildman–Crippen MR) is 119 cm³/mol. The van der Waals surface area contributed by atoms with Gasteiger partial charge in [0.2, 0.25) is 0 Å². The van der Waals surface area contributed by atoms with Crippen LogP contribution in [0.4, 0.5) is 0 Å². The third kappa shape index (κ3) is 6.45. The molecular weight excluding hydrogens is 362 g/mol. The van der Waals surface area contributed by atoms with Crippen LogP contribution in [0.3, 0.4) is 0 Å². The van der Waals surface area contributed by atoms with Gasteiger partial charge in [-0.15, -0.1) is 0 Å². The second kappa shape index (κ2) is 11.6. The SMILES string of the molecule is CCNC(=NCC1(CCOC)CCCC1)NCC1CCCOC1c1ccccc1. The van der Waals surface area contributed by atoms with Gasteiger partial charge in [-0.2, -0.15) is 0 Å². The molecule has 0 spiro atoms. The first kappa shape index (κ1) is 22.1. The van der Waals surface area contributed by atoms with E-state index < -0.39 is 0 Å². The van der Waals surface area contributed by atoms with Gasteiger partial charge in [0.05, 0.1) is 6.10 Å². The molecule has 0 amide bonds. The highest BCUT2D eigenvalue weighted by Gasteiger charge is 2.33. The first-order valence-corrected chi connectivity index (χ1v) is 11.4. The molecule has 2 N–H and O–H groups in total. The van der Waals surface area contributed by atoms with E-state index in [1.54, 1.807) is 7.11 Å². The standard InChI is InChI=1S/C24H39N3O2/c1-3-25-23(27-19-24(15-17-28-2)13-7-8-14-24)26-18-21-12-9-16-29-22(21)20-10-5-4-6-11-20/h4-6,10-11,21-22H,3,7-9,12-19H2,1-2H3,(H2,25,26,27). The highest BCUT2D eigenvalue weighted by molar-refractivity contribution is 5.79. The molecule has 1 aromatic carbocycles. The Morgan fingerprint density at radius 1 is 1.17 bits per heavy atom. The number of nitrogens with one attached hydrogen (secondary N) is 2. The van der Waals surface area contributed by atoms with Gasteiger partial charge >= 0.3 is 0 Å². The molecule has 0 radical (unpaired) electrons. The molecule has 1 aliphatic heterocycles. The average Bonchev–Trinajstić information content (AvgIpc) is 3.24. The summed E-state index contributed by atoms with van der Waals surface area (Å²) in [6.07, 6.45) is 8.77. The van der Waals surface area contributed by atoms with E-state index in [0.29, 0.717) is 11.3 Å². The molecule has 2 atom stereocenters. The molecule has 1 aliphatic carbocycles. The van der Waals surface area contributed by atoms with Gasteiger partial charge in [-0.25, -0.2) is 0 Å². The summed E-state index contributed by atoms with van der Waals surface area (Å²) >= 11 is 0. The highest BCUT2D eigenvalue weighted by atomic mass is 16.5. The van der Waals surface area contributed by atoms with Crippen LogP contribution < -0.4 is 10.6 Å². The lowest BCUT2D eigenvalue weighted by Crippen LogP contribution is -2.42. The molecule has 2 aliphatic rings. The van der Waals surface area contributed by atoms with Crippen LogP contribution in [0.15, 0.2) is 35.3 Å². The number of nitrogens with zero attached hydrogens (tertiary/aromatic N) is 1. The largest absolute Gasteiger partial charge is 0.385 e. The zero-order chi connectivity index (χ0) is 20.4. The molecule has 1 saturated heterocycles. The topological polar surface area (TPSA) is 54.9 Å². The van der Waals surface area contributed by atoms with Crippen molar-refractivity contribution in [2.75, 3.05) is 40.0 Å². The minimum atomic E-state index is 0.170. The fourth-order valence-corrected chi connectivity index (χ4v) is 4.81. The van der Waals surface area contributed by atoms with Crippen LogP contribution in [-0.2, 0) is 9.47 Å². The summed E-state index contributed by atoms with van der Waals surface area (Å²) in [6, 6.07) is 10.6. The lowest BCUT2D eigenvalue weighted by molar-refractivity contribution is -0.0265. The van der Waals surface area contributed by atoms with Crippen molar-refractivity contribution in [1.29, 1.82) is 0 Å². The lowest BCUT2D eigenvalue weighted by Gasteiger charge is -2.33. The Morgan fingerprint density at radius 2 is 1.97 bits per heavy atom. The van der Waals surface area contributed by atoms with Crippen LogP contribution in [0, 0.1) is 11.3 Å². The number of hydrogen-bond donors (Lipinski definition) is 2. The van der Waals surface area contributed by atoms with Gasteiger partial charge < -0.3 is 20.1 Å². The highest BCUT2D eigenvalue weighted by Crippen LogP contribution is 2.41. The maximum Gasteiger partial charge on any atom is 0.191 e. The van der Waals surface area contributed by atoms with Crippen LogP contribution in [0.2, 0.25) is 0 Å². The van der Waals surface area contributed by atoms with Crippen LogP contribution in [0.25, 0.3) is 0 Å². The predicted octanol–water partition coefficient (Wildman–Crippen LogP) is 4.31. The first-order chi connectivity index (χ1) is 14.3. The van der Waals surface area contributed by atoms with Crippen molar-refractivity contribution in [3.05, 3.63) is 35.9 Å². The number of guanidine groups is 1. The second-order valence-corrected chi connectivity index (χ2v) is 8.63. The van der Waals surface area contributed by atoms with E-state index >= 15 is 0 Å². The molecule has 29 heavy (non-hydrogen) atoms. The Labute approximate surface area is 176 Å². The van der Waals surface area contributed by atoms with E-state index in [4.69, 9.17) is 14.5 Å². The van der Waals surface area contributed by atoms with Crippen molar-refractivity contribution in [1.82, 2.24) is 10.6 Å². The number of ether oxygens (including phenoxy) is 2. The van der Waals surface area contributed by atoms with Gasteiger partial charge in [0, 0.05) is 45.9 Å². The Bertz CT molecular complexity index is 614. The van der Waals surface area contributed by atoms with E-state index in [0.717, 1.165) is 51.6 Å². The first-order valence-electron chi connectivity index (χ1n) is 11.4. The van der Waals surface area contributed by atoms with Crippen LogP contribution >= 0.6 is 0 Å². The van der Waals surface area contributed by atoms with Gasteiger partial charge in [-0.3, -0.25) is 4.99 Å². The molecule has 2 fully saturated rings. The quantitative estimate of drug-likeness (QED) is 0.478. The Kier molecular flexibility index (Phi) is 8.81. The summed E-state index contributed by atoms with van der Waals surface area (Å²) in [5, 5.41) is 7.06. The van der Waals surface area contributed by atoms with E-state index in [2.05, 4.69) is 47.9 Å². The molecular formula is C24H39N3O2. The van der Waals surface area contributed by atoms with Crippen molar-refractivity contribution in [2.24, 2.45) is 16.3 Å². The van der Waals surface area contributed by atoms with Gasteiger partial charge in [0.1, 0.15) is 0 Å². The second-order valence-electron chi connectivity index (χ2n) is 8.63. The summed E-state index contributed by atoms with van der Waals surface area (Å²) in [5.74, 6) is 1.40. The third-order valence-corrected chi connectivity index (χ3v) is 6.52. The molecule has 5 heteroatoms. The Hall–Kier alpha value is -1.59. The van der Waals surface area contributed by atoms with Gasteiger partial charge in [-0.05, 0) is 50.0 Å². The molecule has 5 nitrogen and oxygen atoms in total. The van der Waals surface area contributed by atoms with Crippen LogP contribution in [-0.4, -0.2) is 45.9 Å². The summed E-state index contributed by atoms with van der Waals surface area (Å²) in [5.41, 5.74) is 1.60. The minimum absolute atomic E-state index is 0.170. The lowest BCUT2D eigenvalue weighted by atomic mass is 9.83. The van der Waals surface area contributed by atoms with E-state index in [-0.39, 0.29) is 6.10 Å². The van der Waals surface area contributed by atoms with Crippen molar-refractivity contribution in [2.45, 2.75) is 58.0 Å². The summed E-state index contributed by atoms with van der Waals surface area (Å²) in [6.45, 7) is 6.46. The van der Waals surface area contributed by atoms with E-state index in [1.165, 1.54) is 37.7 Å². The van der Waals surface area contributed by atoms with Crippen molar-refractivity contribution >= 4 is 5.96 Å². The molecule has 1 aromatic rings. The molecule has 1 saturated carbocycles. The van der Waals surface area contributed by atoms with Gasteiger partial charge in [0.15, 0.2) is 5.96 Å². The normalized spacial score (nSPS) is 24.4. The molecule has 1 heterocycles. The Balaban J connectivity index is 1.61. The molecule has 0 bridgehead atoms. The molecule has 0 aromatic heterocycles. The number of benzene rings is 1. The Morgan fingerprint density at radius 3 is 2.69 bits per heavy atom. The smallest absolute Gasteiger partial charge is 0.191 e. The van der Waals surface area contributed by atoms with Gasteiger partial charge in [0.25, 0.3) is 0 Å². The molecule has 2 unspecified atom stereocenters. The average molecular weight is 402 g/mol. The fraction of sp³-hybridized carbons (Fsp3) is 0.708. The summed E-state index contributed by atoms with van der Waals surface area (Å²) < 4.78 is 11.5. The van der Waals surface area contributed by atoms with Crippen molar-refractivity contribution in [3.8, 4) is 0 Å². The van der Waals surface area contributed by atoms with E-state index in [9.17, 15) is 0 Å². The maximum atomic E-state index is 6.16. The monoisotopic (exact) mass is 401 g/mol. The number of aliphatic imine (C=N–C) groups is 1. The molecule has 3 rings (SSSR count). The number of rotatable bonds is 9. The zero-order valence-corrected chi connectivity index (χ0v) is 18.3. The number of hydrogen-bond acceptors (Lipinski definition) is 3. The van der Waals surface area contributed by atoms with Gasteiger partial charge in [-0.1, -0.05) is 43.2 Å². The van der Waals surface area contributed by atoms with Crippen molar-refractivity contribution in [3.63, 3.8) is 0 Å². The van der Waals surface area contributed by atoms with Crippen LogP contribution in [0.5, 0.6) is 0 Å². The zero-order valence-electron chi connectivity index (χ0n) is 18.3. The maximum absolute atomic E-state index is 6.16. The fourth-order valence-electron chi connectivity index (χ4n) is 4.81. The van der Waals surface area contributed by atoms with E-state index in [1.807, 2.05) is 0 Å². The summed E-state index contributed by atoms with van der Waals surface area (Å²) in [7, 11) is 1.80. The molecule has 162 valence electrons. The minimum Gasteiger partial charge on any atom is -0.385 e. The summed E-state index contributed by atoms with van der Waals surface area (Å²) in [4.78, 5) is 5.00. The van der Waals surface area contributed by atoms with Crippen molar-refractivity contribution < 1.29 is 9.47 Å². The van der Waals surface area contributed by atoms with Crippen LogP contribution in [0.1, 0.15) is 63.5 Å².